The van der Waals surface area contributed by atoms with Crippen molar-refractivity contribution in [3.05, 3.63) is 137 Å². The molecule has 0 unspecified atom stereocenters. The summed E-state index contributed by atoms with van der Waals surface area (Å²) in [5, 5.41) is 23.3. The fraction of sp³-hybridized carbons (Fsp3) is 0.289. The van der Waals surface area contributed by atoms with Crippen LogP contribution >= 0.6 is 0 Å². The number of nitrogens with one attached hydrogen (secondary N) is 3. The minimum atomic E-state index is -3.39. The average Bonchev–Trinajstić information content (AvgIpc) is 3.50. The topological polar surface area (TPSA) is 210 Å². The molecule has 2 aliphatic rings. The molecule has 5 aromatic rings. The number of nitrogens with zero attached hydrogens (tertiary/aromatic N) is 1. The zero-order chi connectivity index (χ0) is 44.1. The molecule has 2 aliphatic heterocycles. The number of unbranched alkanes of at least 4 members (excludes halogenated alkanes) is 3. The Labute approximate surface area is 360 Å². The van der Waals surface area contributed by atoms with Crippen LogP contribution in [0.3, 0.4) is 0 Å². The van der Waals surface area contributed by atoms with Crippen molar-refractivity contribution in [2.75, 3.05) is 54.7 Å². The minimum absolute atomic E-state index is 0.0428. The molecule has 7 rings (SSSR count). The molecule has 5 aromatic carbocycles. The summed E-state index contributed by atoms with van der Waals surface area (Å²) in [6, 6.07) is 27.9. The van der Waals surface area contributed by atoms with Crippen LogP contribution in [0.1, 0.15) is 68.7 Å². The number of aromatic hydroxyl groups is 2. The van der Waals surface area contributed by atoms with Gasteiger partial charge >= 0.3 is 5.97 Å². The van der Waals surface area contributed by atoms with Crippen molar-refractivity contribution in [1.82, 2.24) is 10.2 Å². The van der Waals surface area contributed by atoms with E-state index in [2.05, 4.69) is 19.7 Å². The van der Waals surface area contributed by atoms with Crippen LogP contribution in [0, 0.1) is 0 Å². The Morgan fingerprint density at radius 2 is 1.27 bits per heavy atom. The van der Waals surface area contributed by atoms with E-state index in [1.807, 2.05) is 12.1 Å². The fourth-order valence-corrected chi connectivity index (χ4v) is 8.80. The molecule has 326 valence electrons. The Hall–Kier alpha value is -6.30. The van der Waals surface area contributed by atoms with Gasteiger partial charge in [0.05, 0.1) is 18.1 Å². The maximum atomic E-state index is 13.5. The number of carbonyl (C=O) groups is 2. The van der Waals surface area contributed by atoms with Crippen molar-refractivity contribution < 1.29 is 50.8 Å². The van der Waals surface area contributed by atoms with Gasteiger partial charge in [-0.25, -0.2) is 21.6 Å². The SMILES string of the molecule is CS(=O)(=O)Nc1ccc(CCN(CCCCCCNC(=O)c2ccc3c(c2)C(=O)OC32c3ccc(O)cc3Oc3cc(O)ccc32)CCOc2ccc(NS(C)(=O)=O)cc2)cc1. The predicted molar refractivity (Wildman–Crippen MR) is 234 cm³/mol. The van der Waals surface area contributed by atoms with E-state index in [9.17, 15) is 36.6 Å². The van der Waals surface area contributed by atoms with Gasteiger partial charge in [-0.1, -0.05) is 31.0 Å². The smallest absolute Gasteiger partial charge is 0.340 e. The van der Waals surface area contributed by atoms with Crippen LogP contribution in [-0.2, 0) is 36.8 Å². The molecule has 0 saturated heterocycles. The summed E-state index contributed by atoms with van der Waals surface area (Å²) in [6.07, 6.45) is 6.38. The Kier molecular flexibility index (Phi) is 13.0. The van der Waals surface area contributed by atoms with Gasteiger partial charge in [-0.05, 0) is 104 Å². The summed E-state index contributed by atoms with van der Waals surface area (Å²) < 4.78 is 69.3. The van der Waals surface area contributed by atoms with Crippen molar-refractivity contribution in [2.45, 2.75) is 37.7 Å². The minimum Gasteiger partial charge on any atom is -0.508 e. The number of sulfonamides is 2. The molecule has 17 heteroatoms. The van der Waals surface area contributed by atoms with E-state index in [4.69, 9.17) is 14.2 Å². The van der Waals surface area contributed by atoms with Gasteiger partial charge in [-0.3, -0.25) is 19.1 Å². The zero-order valence-corrected chi connectivity index (χ0v) is 35.9. The zero-order valence-electron chi connectivity index (χ0n) is 34.2. The molecule has 2 heterocycles. The Balaban J connectivity index is 0.913. The lowest BCUT2D eigenvalue weighted by Crippen LogP contribution is -2.33. The summed E-state index contributed by atoms with van der Waals surface area (Å²) in [6.45, 7) is 3.04. The summed E-state index contributed by atoms with van der Waals surface area (Å²) >= 11 is 0. The maximum Gasteiger partial charge on any atom is 0.340 e. The van der Waals surface area contributed by atoms with E-state index in [-0.39, 0.29) is 34.5 Å². The monoisotopic (exact) mass is 884 g/mol. The van der Waals surface area contributed by atoms with Crippen molar-refractivity contribution in [3.8, 4) is 28.7 Å². The third kappa shape index (κ3) is 10.6. The van der Waals surface area contributed by atoms with Crippen LogP contribution in [0.5, 0.6) is 28.7 Å². The van der Waals surface area contributed by atoms with Crippen LogP contribution in [0.15, 0.2) is 103 Å². The van der Waals surface area contributed by atoms with E-state index in [0.717, 1.165) is 63.3 Å². The van der Waals surface area contributed by atoms with E-state index in [1.54, 1.807) is 60.7 Å². The molecule has 0 fully saturated rings. The number of ether oxygens (including phenoxy) is 3. The second kappa shape index (κ2) is 18.4. The lowest BCUT2D eigenvalue weighted by atomic mass is 9.77. The highest BCUT2D eigenvalue weighted by molar-refractivity contribution is 7.92. The second-order valence-electron chi connectivity index (χ2n) is 15.4. The van der Waals surface area contributed by atoms with Gasteiger partial charge in [-0.15, -0.1) is 0 Å². The van der Waals surface area contributed by atoms with E-state index in [0.29, 0.717) is 59.1 Å². The molecule has 0 bridgehead atoms. The predicted octanol–water partition coefficient (Wildman–Crippen LogP) is 6.32. The first kappa shape index (κ1) is 43.8. The summed E-state index contributed by atoms with van der Waals surface area (Å²) in [7, 11) is -6.76. The molecule has 0 radical (unpaired) electrons. The van der Waals surface area contributed by atoms with Gasteiger partial charge in [0.25, 0.3) is 5.91 Å². The first-order chi connectivity index (χ1) is 29.6. The number of phenols is 2. The number of rotatable bonds is 19. The standard InChI is InChI=1S/C45H48N4O11S2/c1-61(54,55)47-32-10-7-30(8-11-32)21-24-49(25-26-58-36-16-12-33(13-17-36)48-62(2,56)57)23-6-4-3-5-22-46-43(52)31-9-18-38-37(27-31)44(53)60-45(38)39-19-14-34(50)28-41(39)59-42-29-35(51)15-20-40(42)45/h7-20,27-29,47-48,50-51H,3-6,21-26H2,1-2H3,(H,46,52). The number of amides is 1. The lowest BCUT2D eigenvalue weighted by Gasteiger charge is -2.36. The van der Waals surface area contributed by atoms with E-state index in [1.165, 1.54) is 30.3 Å². The largest absolute Gasteiger partial charge is 0.508 e. The molecule has 0 aromatic heterocycles. The number of esters is 1. The molecular formula is C45H48N4O11S2. The highest BCUT2D eigenvalue weighted by atomic mass is 32.2. The number of phenolic OH excluding ortho intramolecular Hbond substituents is 2. The molecular weight excluding hydrogens is 837 g/mol. The quantitative estimate of drug-likeness (QED) is 0.0456. The maximum absolute atomic E-state index is 13.5. The molecule has 0 aliphatic carbocycles. The summed E-state index contributed by atoms with van der Waals surface area (Å²) in [5.74, 6) is 0.129. The normalized spacial score (nSPS) is 13.7. The third-order valence-electron chi connectivity index (χ3n) is 10.5. The third-order valence-corrected chi connectivity index (χ3v) is 11.7. The molecule has 0 saturated carbocycles. The molecule has 0 atom stereocenters. The molecule has 62 heavy (non-hydrogen) atoms. The van der Waals surface area contributed by atoms with E-state index < -0.39 is 31.6 Å². The molecule has 1 spiro atoms. The highest BCUT2D eigenvalue weighted by Crippen LogP contribution is 2.57. The second-order valence-corrected chi connectivity index (χ2v) is 18.9. The van der Waals surface area contributed by atoms with Crippen LogP contribution in [-0.4, -0.2) is 89.1 Å². The summed E-state index contributed by atoms with van der Waals surface area (Å²) in [5.41, 5.74) is 2.64. The first-order valence-corrected chi connectivity index (χ1v) is 23.9. The molecule has 5 N–H and O–H groups in total. The van der Waals surface area contributed by atoms with Gasteiger partial charge in [0.15, 0.2) is 5.60 Å². The van der Waals surface area contributed by atoms with Gasteiger partial charge < -0.3 is 29.7 Å². The van der Waals surface area contributed by atoms with Crippen molar-refractivity contribution in [2.24, 2.45) is 0 Å². The first-order valence-electron chi connectivity index (χ1n) is 20.1. The number of hydrogen-bond donors (Lipinski definition) is 5. The van der Waals surface area contributed by atoms with Crippen LogP contribution in [0.25, 0.3) is 0 Å². The average molecular weight is 885 g/mol. The van der Waals surface area contributed by atoms with Crippen LogP contribution in [0.2, 0.25) is 0 Å². The van der Waals surface area contributed by atoms with E-state index >= 15 is 0 Å². The summed E-state index contributed by atoms with van der Waals surface area (Å²) in [4.78, 5) is 29.1. The van der Waals surface area contributed by atoms with Crippen LogP contribution in [0.4, 0.5) is 11.4 Å². The van der Waals surface area contributed by atoms with Gasteiger partial charge in [0, 0.05) is 65.4 Å². The Morgan fingerprint density at radius 1 is 0.694 bits per heavy atom. The number of fused-ring (bicyclic) bond motifs is 6. The van der Waals surface area contributed by atoms with Crippen molar-refractivity contribution >= 4 is 43.3 Å². The van der Waals surface area contributed by atoms with Crippen molar-refractivity contribution in [3.63, 3.8) is 0 Å². The molecule has 15 nitrogen and oxygen atoms in total. The van der Waals surface area contributed by atoms with Crippen LogP contribution < -0.4 is 24.2 Å². The van der Waals surface area contributed by atoms with Gasteiger partial charge in [0.1, 0.15) is 35.4 Å². The lowest BCUT2D eigenvalue weighted by molar-refractivity contribution is 0.0224. The van der Waals surface area contributed by atoms with Gasteiger partial charge in [0.2, 0.25) is 20.0 Å². The number of anilines is 2. The number of carbonyl (C=O) groups excluding carboxylic acids is 2. The highest BCUT2D eigenvalue weighted by Gasteiger charge is 2.53. The fourth-order valence-electron chi connectivity index (χ4n) is 7.67. The Morgan fingerprint density at radius 3 is 1.89 bits per heavy atom. The van der Waals surface area contributed by atoms with Gasteiger partial charge in [-0.2, -0.15) is 0 Å². The molecule has 1 amide bonds. The number of hydrogen-bond acceptors (Lipinski definition) is 12. The number of benzene rings is 5. The Bertz CT molecular complexity index is 2620. The van der Waals surface area contributed by atoms with Crippen molar-refractivity contribution in [1.29, 1.82) is 0 Å².